The summed E-state index contributed by atoms with van der Waals surface area (Å²) in [5.74, 6) is 0.622. The zero-order chi connectivity index (χ0) is 10.6. The topological polar surface area (TPSA) is 26.3 Å². The number of hydrogen-bond acceptors (Lipinski definition) is 2. The first-order valence-electron chi connectivity index (χ1n) is 5.55. The molecule has 2 nitrogen and oxygen atoms in total. The van der Waals surface area contributed by atoms with E-state index in [1.54, 1.807) is 0 Å². The van der Waals surface area contributed by atoms with Gasteiger partial charge in [0, 0.05) is 12.3 Å². The van der Waals surface area contributed by atoms with Crippen molar-refractivity contribution in [3.05, 3.63) is 0 Å². The lowest BCUT2D eigenvalue weighted by Gasteiger charge is -2.38. The van der Waals surface area contributed by atoms with Gasteiger partial charge >= 0.3 is 5.97 Å². The van der Waals surface area contributed by atoms with Crippen LogP contribution in [0.1, 0.15) is 47.0 Å². The molecule has 2 heteroatoms. The van der Waals surface area contributed by atoms with E-state index in [9.17, 15) is 4.79 Å². The van der Waals surface area contributed by atoms with Gasteiger partial charge in [-0.05, 0) is 30.6 Å². The molecule has 0 amide bonds. The van der Waals surface area contributed by atoms with Gasteiger partial charge in [-0.3, -0.25) is 4.79 Å². The van der Waals surface area contributed by atoms with E-state index in [-0.39, 0.29) is 17.5 Å². The first kappa shape index (κ1) is 10.0. The molecule has 2 saturated carbocycles. The molecule has 14 heavy (non-hydrogen) atoms. The van der Waals surface area contributed by atoms with Gasteiger partial charge in [0.2, 0.25) is 0 Å². The van der Waals surface area contributed by atoms with Crippen LogP contribution >= 0.6 is 0 Å². The van der Waals surface area contributed by atoms with Crippen LogP contribution < -0.4 is 0 Å². The van der Waals surface area contributed by atoms with Crippen LogP contribution in [-0.2, 0) is 9.53 Å². The molecule has 2 fully saturated rings. The van der Waals surface area contributed by atoms with Gasteiger partial charge in [0.1, 0.15) is 6.10 Å². The van der Waals surface area contributed by atoms with Crippen molar-refractivity contribution in [2.24, 2.45) is 16.7 Å². The standard InChI is InChI=1S/C12H20O2/c1-8(13)14-10-7-9-5-6-12(10,4)11(9,2)3/h9-10H,5-7H2,1-4H3/t9?,10-,12-/m1/s1. The van der Waals surface area contributed by atoms with Gasteiger partial charge in [-0.1, -0.05) is 20.8 Å². The third kappa shape index (κ3) is 1.06. The summed E-state index contributed by atoms with van der Waals surface area (Å²) in [6.45, 7) is 8.46. The zero-order valence-corrected chi connectivity index (χ0v) is 9.59. The summed E-state index contributed by atoms with van der Waals surface area (Å²) in [6.07, 6.45) is 3.75. The van der Waals surface area contributed by atoms with E-state index in [4.69, 9.17) is 4.74 Å². The van der Waals surface area contributed by atoms with Gasteiger partial charge in [0.05, 0.1) is 0 Å². The van der Waals surface area contributed by atoms with Crippen molar-refractivity contribution >= 4 is 5.97 Å². The van der Waals surface area contributed by atoms with Crippen LogP contribution in [0, 0.1) is 16.7 Å². The largest absolute Gasteiger partial charge is 0.462 e. The Bertz CT molecular complexity index is 269. The van der Waals surface area contributed by atoms with Crippen molar-refractivity contribution in [1.29, 1.82) is 0 Å². The van der Waals surface area contributed by atoms with Crippen molar-refractivity contribution in [3.63, 3.8) is 0 Å². The first-order valence-corrected chi connectivity index (χ1v) is 5.55. The molecule has 2 aliphatic rings. The Morgan fingerprint density at radius 3 is 2.36 bits per heavy atom. The maximum atomic E-state index is 11.0. The summed E-state index contributed by atoms with van der Waals surface area (Å²) in [7, 11) is 0. The van der Waals surface area contributed by atoms with E-state index in [0.29, 0.717) is 5.41 Å². The second-order valence-corrected chi connectivity index (χ2v) is 5.71. The highest BCUT2D eigenvalue weighted by molar-refractivity contribution is 5.66. The molecule has 2 rings (SSSR count). The van der Waals surface area contributed by atoms with Gasteiger partial charge in [-0.15, -0.1) is 0 Å². The number of hydrogen-bond donors (Lipinski definition) is 0. The van der Waals surface area contributed by atoms with Crippen LogP contribution in [0.25, 0.3) is 0 Å². The van der Waals surface area contributed by atoms with Crippen LogP contribution in [0.5, 0.6) is 0 Å². The van der Waals surface area contributed by atoms with Crippen LogP contribution in [0.2, 0.25) is 0 Å². The van der Waals surface area contributed by atoms with E-state index in [2.05, 4.69) is 20.8 Å². The molecule has 0 aromatic heterocycles. The predicted octanol–water partition coefficient (Wildman–Crippen LogP) is 2.76. The van der Waals surface area contributed by atoms with E-state index < -0.39 is 0 Å². The number of rotatable bonds is 1. The van der Waals surface area contributed by atoms with Crippen LogP contribution in [0.3, 0.4) is 0 Å². The predicted molar refractivity (Wildman–Crippen MR) is 54.8 cm³/mol. The highest BCUT2D eigenvalue weighted by Crippen LogP contribution is 2.66. The third-order valence-corrected chi connectivity index (χ3v) is 5.02. The quantitative estimate of drug-likeness (QED) is 0.603. The average Bonchev–Trinajstić information content (AvgIpc) is 2.35. The third-order valence-electron chi connectivity index (χ3n) is 5.02. The summed E-state index contributed by atoms with van der Waals surface area (Å²) in [4.78, 5) is 11.0. The number of carbonyl (C=O) groups is 1. The molecule has 0 aliphatic heterocycles. The summed E-state index contributed by atoms with van der Waals surface area (Å²) in [5, 5.41) is 0. The molecule has 80 valence electrons. The minimum atomic E-state index is -0.125. The highest BCUT2D eigenvalue weighted by Gasteiger charge is 2.62. The Labute approximate surface area is 86.0 Å². The molecule has 0 heterocycles. The van der Waals surface area contributed by atoms with Crippen molar-refractivity contribution < 1.29 is 9.53 Å². The fraction of sp³-hybridized carbons (Fsp3) is 0.917. The summed E-state index contributed by atoms with van der Waals surface area (Å²) in [6, 6.07) is 0. The molecule has 2 aliphatic carbocycles. The molecule has 0 aromatic rings. The lowest BCUT2D eigenvalue weighted by Crippen LogP contribution is -2.37. The number of ether oxygens (including phenoxy) is 1. The maximum Gasteiger partial charge on any atom is 0.302 e. The second-order valence-electron chi connectivity index (χ2n) is 5.71. The smallest absolute Gasteiger partial charge is 0.302 e. The summed E-state index contributed by atoms with van der Waals surface area (Å²) in [5.41, 5.74) is 0.552. The first-order chi connectivity index (χ1) is 6.38. The van der Waals surface area contributed by atoms with Crippen molar-refractivity contribution in [3.8, 4) is 0 Å². The van der Waals surface area contributed by atoms with E-state index in [0.717, 1.165) is 12.3 Å². The highest BCUT2D eigenvalue weighted by atomic mass is 16.5. The molecule has 1 unspecified atom stereocenters. The van der Waals surface area contributed by atoms with E-state index in [1.807, 2.05) is 0 Å². The molecule has 0 aromatic carbocycles. The number of esters is 1. The van der Waals surface area contributed by atoms with Crippen molar-refractivity contribution in [2.75, 3.05) is 0 Å². The molecular weight excluding hydrogens is 176 g/mol. The average molecular weight is 196 g/mol. The monoisotopic (exact) mass is 196 g/mol. The Hall–Kier alpha value is -0.530. The minimum absolute atomic E-state index is 0.125. The Kier molecular flexibility index (Phi) is 1.96. The van der Waals surface area contributed by atoms with Crippen LogP contribution in [0.4, 0.5) is 0 Å². The number of carbonyl (C=O) groups excluding carboxylic acids is 1. The Morgan fingerprint density at radius 2 is 2.00 bits per heavy atom. The Balaban J connectivity index is 2.23. The van der Waals surface area contributed by atoms with Gasteiger partial charge in [0.15, 0.2) is 0 Å². The van der Waals surface area contributed by atoms with Crippen LogP contribution in [0.15, 0.2) is 0 Å². The lowest BCUT2D eigenvalue weighted by atomic mass is 9.70. The van der Waals surface area contributed by atoms with Gasteiger partial charge in [-0.25, -0.2) is 0 Å². The Morgan fingerprint density at radius 1 is 1.36 bits per heavy atom. The molecule has 0 spiro atoms. The SMILES string of the molecule is CC(=O)O[C@@H]1CC2CC[C@@]1(C)C2(C)C. The molecule has 2 bridgehead atoms. The van der Waals surface area contributed by atoms with Gasteiger partial charge in [-0.2, -0.15) is 0 Å². The molecule has 0 radical (unpaired) electrons. The molecule has 0 saturated heterocycles. The van der Waals surface area contributed by atoms with Crippen molar-refractivity contribution in [1.82, 2.24) is 0 Å². The summed E-state index contributed by atoms with van der Waals surface area (Å²) < 4.78 is 5.44. The molecule has 0 N–H and O–H groups in total. The number of fused-ring (bicyclic) bond motifs is 2. The van der Waals surface area contributed by atoms with Gasteiger partial charge < -0.3 is 4.74 Å². The van der Waals surface area contributed by atoms with E-state index in [1.165, 1.54) is 19.8 Å². The maximum absolute atomic E-state index is 11.0. The fourth-order valence-corrected chi connectivity index (χ4v) is 3.51. The van der Waals surface area contributed by atoms with Crippen molar-refractivity contribution in [2.45, 2.75) is 53.1 Å². The van der Waals surface area contributed by atoms with Crippen LogP contribution in [-0.4, -0.2) is 12.1 Å². The molecular formula is C12H20O2. The summed E-state index contributed by atoms with van der Waals surface area (Å²) >= 11 is 0. The second kappa shape index (κ2) is 2.74. The zero-order valence-electron chi connectivity index (χ0n) is 9.59. The van der Waals surface area contributed by atoms with Gasteiger partial charge in [0.25, 0.3) is 0 Å². The minimum Gasteiger partial charge on any atom is -0.462 e. The molecule has 3 atom stereocenters. The normalized spacial score (nSPS) is 44.0. The lowest BCUT2D eigenvalue weighted by molar-refractivity contribution is -0.154. The fourth-order valence-electron chi connectivity index (χ4n) is 3.51. The van der Waals surface area contributed by atoms with E-state index >= 15 is 0 Å².